The summed E-state index contributed by atoms with van der Waals surface area (Å²) in [6.07, 6.45) is -0.361. The minimum absolute atomic E-state index is 0.0840. The lowest BCUT2D eigenvalue weighted by Gasteiger charge is -2.32. The van der Waals surface area contributed by atoms with Gasteiger partial charge in [0.2, 0.25) is 11.4 Å². The van der Waals surface area contributed by atoms with E-state index in [2.05, 4.69) is 21.9 Å². The zero-order chi connectivity index (χ0) is 30.3. The number of unbranched alkanes of at least 4 members (excludes halogenated alkanes) is 2. The number of nitrogens with zero attached hydrogens (tertiary/aromatic N) is 5. The number of aliphatic imine (C=N–C) groups is 3. The molecule has 4 heterocycles. The van der Waals surface area contributed by atoms with Crippen molar-refractivity contribution in [3.63, 3.8) is 0 Å². The van der Waals surface area contributed by atoms with Gasteiger partial charge < -0.3 is 19.8 Å². The molecule has 4 N–H and O–H groups in total. The third-order valence-electron chi connectivity index (χ3n) is 8.09. The molecule has 4 aliphatic rings. The molecule has 0 spiro atoms. The van der Waals surface area contributed by atoms with Crippen LogP contribution in [0.3, 0.4) is 0 Å². The zero-order valence-electron chi connectivity index (χ0n) is 23.5. The Bertz CT molecular complexity index is 1540. The first-order valence-electron chi connectivity index (χ1n) is 14.2. The second kappa shape index (κ2) is 11.5. The van der Waals surface area contributed by atoms with Gasteiger partial charge in [0.25, 0.3) is 11.8 Å². The summed E-state index contributed by atoms with van der Waals surface area (Å²) in [5.74, 6) is -1.61. The van der Waals surface area contributed by atoms with Crippen molar-refractivity contribution >= 4 is 35.5 Å². The van der Waals surface area contributed by atoms with Crippen LogP contribution in [0.5, 0.6) is 0 Å². The van der Waals surface area contributed by atoms with E-state index >= 15 is 0 Å². The lowest BCUT2D eigenvalue weighted by atomic mass is 9.93. The number of ether oxygens (including phenoxy) is 1. The van der Waals surface area contributed by atoms with Gasteiger partial charge in [0.05, 0.1) is 17.7 Å². The molecule has 43 heavy (non-hydrogen) atoms. The first-order chi connectivity index (χ1) is 20.8. The van der Waals surface area contributed by atoms with Gasteiger partial charge in [-0.3, -0.25) is 29.9 Å². The number of hydroxylamine groups is 2. The molecule has 2 aromatic rings. The quantitative estimate of drug-likeness (QED) is 0.208. The Labute approximate surface area is 247 Å². The van der Waals surface area contributed by atoms with Crippen LogP contribution in [-0.4, -0.2) is 99.1 Å². The van der Waals surface area contributed by atoms with E-state index in [1.807, 2.05) is 6.07 Å². The van der Waals surface area contributed by atoms with Crippen LogP contribution in [0.4, 0.5) is 0 Å². The number of amidine groups is 1. The van der Waals surface area contributed by atoms with Gasteiger partial charge in [-0.2, -0.15) is 0 Å². The van der Waals surface area contributed by atoms with Crippen molar-refractivity contribution in [1.29, 1.82) is 0 Å². The van der Waals surface area contributed by atoms with Crippen LogP contribution >= 0.6 is 0 Å². The van der Waals surface area contributed by atoms with Crippen LogP contribution in [0.25, 0.3) is 0 Å². The van der Waals surface area contributed by atoms with E-state index in [0.29, 0.717) is 17.0 Å². The molecular weight excluding hydrogens is 556 g/mol. The standard InChI is InChI=1S/C30H32N6O7/c1-2-3-5-9-17-12-8-13-19-21(17)28(41)36(27(19)40)43-23-20(14-37)42-29(22(23)38)35-16-33-24-26(35)32-15-34-30(24,31)25(39)18-10-6-4-7-11-18/h4,6-8,10-13,15,20,22-23,29,37-38H,2-3,5,9,14,16,31H2,1H3/t20-,22-,23-,29-,30?/m1/s1. The molecule has 2 amide bonds. The van der Waals surface area contributed by atoms with E-state index in [-0.39, 0.29) is 29.3 Å². The van der Waals surface area contributed by atoms with Crippen LogP contribution in [0, 0.1) is 0 Å². The Balaban J connectivity index is 1.20. The van der Waals surface area contributed by atoms with Crippen molar-refractivity contribution in [2.75, 3.05) is 13.3 Å². The van der Waals surface area contributed by atoms with Gasteiger partial charge in [0.15, 0.2) is 12.1 Å². The number of rotatable bonds is 10. The van der Waals surface area contributed by atoms with E-state index in [4.69, 9.17) is 15.3 Å². The number of amides is 2. The molecule has 13 heteroatoms. The molecular formula is C30H32N6O7. The Morgan fingerprint density at radius 1 is 1.14 bits per heavy atom. The summed E-state index contributed by atoms with van der Waals surface area (Å²) in [6.45, 7) is 1.42. The maximum atomic E-state index is 13.4. The summed E-state index contributed by atoms with van der Waals surface area (Å²) in [5.41, 5.74) is 6.34. The Hall–Kier alpha value is -4.14. The van der Waals surface area contributed by atoms with E-state index in [0.717, 1.165) is 31.2 Å². The molecule has 4 aliphatic heterocycles. The summed E-state index contributed by atoms with van der Waals surface area (Å²) < 4.78 is 5.96. The lowest BCUT2D eigenvalue weighted by molar-refractivity contribution is -0.170. The van der Waals surface area contributed by atoms with E-state index in [1.54, 1.807) is 42.5 Å². The SMILES string of the molecule is CCCCCc1cccc2c1C(=O)N(O[C@H]1[C@@H](O)[C@H](N3CN=C4C3=NC=NC4(N)C(=O)c3ccccc3)O[C@@H]1CO)C2=O. The van der Waals surface area contributed by atoms with Gasteiger partial charge in [-0.1, -0.05) is 62.2 Å². The molecule has 0 saturated carbocycles. The van der Waals surface area contributed by atoms with Crippen LogP contribution in [0.1, 0.15) is 62.8 Å². The molecule has 1 fully saturated rings. The van der Waals surface area contributed by atoms with Gasteiger partial charge in [0.1, 0.15) is 37.0 Å². The predicted octanol–water partition coefficient (Wildman–Crippen LogP) is 1.09. The molecule has 0 aliphatic carbocycles. The minimum Gasteiger partial charge on any atom is -0.394 e. The molecule has 2 aromatic carbocycles. The number of carbonyl (C=O) groups is 3. The van der Waals surface area contributed by atoms with E-state index < -0.39 is 54.4 Å². The summed E-state index contributed by atoms with van der Waals surface area (Å²) in [4.78, 5) is 60.2. The summed E-state index contributed by atoms with van der Waals surface area (Å²) in [7, 11) is 0. The predicted molar refractivity (Wildman–Crippen MR) is 155 cm³/mol. The monoisotopic (exact) mass is 588 g/mol. The highest BCUT2D eigenvalue weighted by Gasteiger charge is 2.55. The van der Waals surface area contributed by atoms with Crippen molar-refractivity contribution in [1.82, 2.24) is 9.96 Å². The number of aliphatic hydroxyl groups excluding tert-OH is 2. The van der Waals surface area contributed by atoms with Gasteiger partial charge >= 0.3 is 0 Å². The van der Waals surface area contributed by atoms with Crippen LogP contribution in [-0.2, 0) is 16.0 Å². The van der Waals surface area contributed by atoms with E-state index in [9.17, 15) is 24.6 Å². The Morgan fingerprint density at radius 3 is 2.67 bits per heavy atom. The molecule has 0 aromatic heterocycles. The molecule has 1 saturated heterocycles. The molecule has 0 radical (unpaired) electrons. The second-order valence-electron chi connectivity index (χ2n) is 10.8. The first kappa shape index (κ1) is 29.0. The van der Waals surface area contributed by atoms with Crippen molar-refractivity contribution in [2.24, 2.45) is 20.7 Å². The summed E-state index contributed by atoms with van der Waals surface area (Å²) in [6, 6.07) is 13.6. The highest BCUT2D eigenvalue weighted by molar-refractivity contribution is 6.52. The van der Waals surface area contributed by atoms with Gasteiger partial charge in [-0.05, 0) is 24.5 Å². The fourth-order valence-corrected chi connectivity index (χ4v) is 5.84. The van der Waals surface area contributed by atoms with Crippen molar-refractivity contribution in [3.05, 3.63) is 70.8 Å². The van der Waals surface area contributed by atoms with Crippen LogP contribution in [0.2, 0.25) is 0 Å². The molecule has 0 bridgehead atoms. The number of carbonyl (C=O) groups excluding carboxylic acids is 3. The normalized spacial score (nSPS) is 27.8. The Kier molecular flexibility index (Phi) is 7.75. The number of fused-ring (bicyclic) bond motifs is 2. The number of ketones is 1. The van der Waals surface area contributed by atoms with Crippen molar-refractivity contribution < 1.29 is 34.2 Å². The molecule has 224 valence electrons. The van der Waals surface area contributed by atoms with Gasteiger partial charge in [-0.25, -0.2) is 9.98 Å². The second-order valence-corrected chi connectivity index (χ2v) is 10.8. The number of hydrogen-bond acceptors (Lipinski definition) is 12. The molecule has 1 unspecified atom stereocenters. The average molecular weight is 589 g/mol. The fraction of sp³-hybridized carbons (Fsp3) is 0.400. The molecule has 13 nitrogen and oxygen atoms in total. The highest BCUT2D eigenvalue weighted by atomic mass is 16.7. The average Bonchev–Trinajstić information content (AvgIpc) is 3.67. The van der Waals surface area contributed by atoms with E-state index in [1.165, 1.54) is 4.90 Å². The topological polar surface area (TPSA) is 180 Å². The number of benzene rings is 2. The van der Waals surface area contributed by atoms with Crippen LogP contribution in [0.15, 0.2) is 63.5 Å². The lowest BCUT2D eigenvalue weighted by Crippen LogP contribution is -2.59. The number of hydrogen-bond donors (Lipinski definition) is 3. The minimum atomic E-state index is -1.85. The number of aliphatic hydroxyl groups is 2. The highest BCUT2D eigenvalue weighted by Crippen LogP contribution is 2.34. The summed E-state index contributed by atoms with van der Waals surface area (Å²) in [5, 5.41) is 22.1. The third kappa shape index (κ3) is 4.79. The van der Waals surface area contributed by atoms with Crippen LogP contribution < -0.4 is 5.73 Å². The first-order valence-corrected chi connectivity index (χ1v) is 14.2. The number of aryl methyl sites for hydroxylation is 1. The van der Waals surface area contributed by atoms with Crippen molar-refractivity contribution in [3.8, 4) is 0 Å². The summed E-state index contributed by atoms with van der Waals surface area (Å²) >= 11 is 0. The zero-order valence-corrected chi connectivity index (χ0v) is 23.5. The number of nitrogens with two attached hydrogens (primary N) is 1. The largest absolute Gasteiger partial charge is 0.394 e. The fourth-order valence-electron chi connectivity index (χ4n) is 5.84. The number of Topliss-reactive ketones (excluding diaryl/α,β-unsaturated/α-hetero) is 1. The maximum absolute atomic E-state index is 13.4. The Morgan fingerprint density at radius 2 is 1.93 bits per heavy atom. The molecule has 6 rings (SSSR count). The van der Waals surface area contributed by atoms with Gasteiger partial charge in [0, 0.05) is 5.56 Å². The van der Waals surface area contributed by atoms with Gasteiger partial charge in [-0.15, -0.1) is 5.06 Å². The maximum Gasteiger partial charge on any atom is 0.286 e. The molecule has 5 atom stereocenters. The smallest absolute Gasteiger partial charge is 0.286 e. The van der Waals surface area contributed by atoms with Crippen molar-refractivity contribution in [2.45, 2.75) is 62.8 Å². The third-order valence-corrected chi connectivity index (χ3v) is 8.09. The number of imide groups is 1.